The molecule has 0 atom stereocenters. The lowest BCUT2D eigenvalue weighted by molar-refractivity contribution is 0.101. The molecule has 0 aliphatic carbocycles. The summed E-state index contributed by atoms with van der Waals surface area (Å²) in [5.41, 5.74) is 0.558. The third-order valence-electron chi connectivity index (χ3n) is 2.80. The molecule has 2 N–H and O–H groups in total. The van der Waals surface area contributed by atoms with Crippen molar-refractivity contribution < 1.29 is 14.3 Å². The van der Waals surface area contributed by atoms with Crippen molar-refractivity contribution in [3.63, 3.8) is 0 Å². The molecule has 0 radical (unpaired) electrons. The van der Waals surface area contributed by atoms with Crippen LogP contribution in [0, 0.1) is 5.82 Å². The predicted molar refractivity (Wildman–Crippen MR) is 72.6 cm³/mol. The maximum absolute atomic E-state index is 12.7. The third-order valence-corrected chi connectivity index (χ3v) is 2.80. The molecule has 0 aromatic heterocycles. The quantitative estimate of drug-likeness (QED) is 0.807. The lowest BCUT2D eigenvalue weighted by Crippen LogP contribution is -2.47. The fourth-order valence-electron chi connectivity index (χ4n) is 1.74. The molecule has 106 valence electrons. The normalized spacial score (nSPS) is 11.4. The first-order valence-corrected chi connectivity index (χ1v) is 6.26. The first kappa shape index (κ1) is 15.4. The van der Waals surface area contributed by atoms with Gasteiger partial charge in [-0.1, -0.05) is 12.1 Å². The van der Waals surface area contributed by atoms with Crippen molar-refractivity contribution in [2.24, 2.45) is 0 Å². The van der Waals surface area contributed by atoms with Crippen LogP contribution in [0.15, 0.2) is 24.3 Å². The zero-order valence-corrected chi connectivity index (χ0v) is 11.6. The number of hydrogen-bond acceptors (Lipinski definition) is 2. The van der Waals surface area contributed by atoms with E-state index in [2.05, 4.69) is 5.32 Å². The van der Waals surface area contributed by atoms with Crippen molar-refractivity contribution in [3.8, 4) is 0 Å². The van der Waals surface area contributed by atoms with Gasteiger partial charge in [0.2, 0.25) is 0 Å². The van der Waals surface area contributed by atoms with Crippen LogP contribution in [-0.2, 0) is 6.54 Å². The monoisotopic (exact) mass is 268 g/mol. The zero-order valence-electron chi connectivity index (χ0n) is 11.6. The molecule has 1 rings (SSSR count). The molecular weight excluding hydrogens is 247 g/mol. The lowest BCUT2D eigenvalue weighted by Gasteiger charge is -2.33. The number of nitrogens with one attached hydrogen (secondary N) is 1. The first-order chi connectivity index (χ1) is 8.80. The zero-order chi connectivity index (χ0) is 14.5. The SMILES string of the molecule is CC(C)(C)N(CCNCc1ccc(F)cc1)C(=O)O. The smallest absolute Gasteiger partial charge is 0.407 e. The van der Waals surface area contributed by atoms with Crippen molar-refractivity contribution >= 4 is 6.09 Å². The summed E-state index contributed by atoms with van der Waals surface area (Å²) in [6.07, 6.45) is -0.920. The van der Waals surface area contributed by atoms with E-state index in [0.29, 0.717) is 19.6 Å². The summed E-state index contributed by atoms with van der Waals surface area (Å²) in [4.78, 5) is 12.5. The Morgan fingerprint density at radius 3 is 2.37 bits per heavy atom. The number of carbonyl (C=O) groups is 1. The molecule has 0 fully saturated rings. The number of benzene rings is 1. The summed E-state index contributed by atoms with van der Waals surface area (Å²) in [6.45, 7) is 7.15. The molecular formula is C14H21FN2O2. The van der Waals surface area contributed by atoms with Crippen LogP contribution in [0.4, 0.5) is 9.18 Å². The van der Waals surface area contributed by atoms with E-state index in [1.54, 1.807) is 12.1 Å². The molecule has 19 heavy (non-hydrogen) atoms. The highest BCUT2D eigenvalue weighted by Crippen LogP contribution is 2.12. The van der Waals surface area contributed by atoms with Crippen LogP contribution in [0.25, 0.3) is 0 Å². The van der Waals surface area contributed by atoms with Gasteiger partial charge in [-0.3, -0.25) is 0 Å². The molecule has 0 saturated carbocycles. The van der Waals surface area contributed by atoms with Crippen molar-refractivity contribution in [2.75, 3.05) is 13.1 Å². The van der Waals surface area contributed by atoms with Crippen LogP contribution in [0.2, 0.25) is 0 Å². The maximum atomic E-state index is 12.7. The molecule has 4 nitrogen and oxygen atoms in total. The number of hydrogen-bond donors (Lipinski definition) is 2. The van der Waals surface area contributed by atoms with Crippen LogP contribution in [0.1, 0.15) is 26.3 Å². The second kappa shape index (κ2) is 6.52. The van der Waals surface area contributed by atoms with Gasteiger partial charge in [0.15, 0.2) is 0 Å². The van der Waals surface area contributed by atoms with Crippen LogP contribution in [0.5, 0.6) is 0 Å². The molecule has 1 amide bonds. The van der Waals surface area contributed by atoms with Gasteiger partial charge in [0, 0.05) is 25.2 Å². The fourth-order valence-corrected chi connectivity index (χ4v) is 1.74. The first-order valence-electron chi connectivity index (χ1n) is 6.26. The Bertz CT molecular complexity index is 412. The highest BCUT2D eigenvalue weighted by atomic mass is 19.1. The summed E-state index contributed by atoms with van der Waals surface area (Å²) >= 11 is 0. The minimum absolute atomic E-state index is 0.256. The minimum Gasteiger partial charge on any atom is -0.465 e. The Morgan fingerprint density at radius 1 is 1.32 bits per heavy atom. The number of rotatable bonds is 5. The van der Waals surface area contributed by atoms with Gasteiger partial charge >= 0.3 is 6.09 Å². The number of halogens is 1. The number of amides is 1. The largest absolute Gasteiger partial charge is 0.465 e. The standard InChI is InChI=1S/C14H21FN2O2/c1-14(2,3)17(13(18)19)9-8-16-10-11-4-6-12(15)7-5-11/h4-7,16H,8-10H2,1-3H3,(H,18,19). The van der Waals surface area contributed by atoms with Crippen LogP contribution in [-0.4, -0.2) is 34.7 Å². The lowest BCUT2D eigenvalue weighted by atomic mass is 10.1. The van der Waals surface area contributed by atoms with Gasteiger partial charge in [-0.2, -0.15) is 0 Å². The summed E-state index contributed by atoms with van der Waals surface area (Å²) in [5.74, 6) is -0.256. The van der Waals surface area contributed by atoms with Crippen LogP contribution in [0.3, 0.4) is 0 Å². The molecule has 0 unspecified atom stereocenters. The van der Waals surface area contributed by atoms with E-state index in [1.165, 1.54) is 17.0 Å². The Labute approximate surface area is 113 Å². The van der Waals surface area contributed by atoms with Crippen LogP contribution >= 0.6 is 0 Å². The Morgan fingerprint density at radius 2 is 1.89 bits per heavy atom. The van der Waals surface area contributed by atoms with Crippen molar-refractivity contribution in [3.05, 3.63) is 35.6 Å². The predicted octanol–water partition coefficient (Wildman–Crippen LogP) is 2.69. The van der Waals surface area contributed by atoms with Crippen molar-refractivity contribution in [2.45, 2.75) is 32.9 Å². The minimum atomic E-state index is -0.920. The van der Waals surface area contributed by atoms with Crippen molar-refractivity contribution in [1.29, 1.82) is 0 Å². The highest BCUT2D eigenvalue weighted by Gasteiger charge is 2.25. The summed E-state index contributed by atoms with van der Waals surface area (Å²) in [5, 5.41) is 12.3. The molecule has 5 heteroatoms. The average Bonchev–Trinajstić information content (AvgIpc) is 2.29. The van der Waals surface area contributed by atoms with Gasteiger partial charge in [-0.05, 0) is 38.5 Å². The van der Waals surface area contributed by atoms with E-state index in [-0.39, 0.29) is 5.82 Å². The molecule has 0 heterocycles. The number of nitrogens with zero attached hydrogens (tertiary/aromatic N) is 1. The van der Waals surface area contributed by atoms with Gasteiger partial charge in [0.1, 0.15) is 5.82 Å². The van der Waals surface area contributed by atoms with E-state index in [0.717, 1.165) is 5.56 Å². The highest BCUT2D eigenvalue weighted by molar-refractivity contribution is 5.65. The van der Waals surface area contributed by atoms with Gasteiger partial charge < -0.3 is 15.3 Å². The van der Waals surface area contributed by atoms with Gasteiger partial charge in [0.25, 0.3) is 0 Å². The van der Waals surface area contributed by atoms with Gasteiger partial charge in [-0.25, -0.2) is 9.18 Å². The van der Waals surface area contributed by atoms with E-state index < -0.39 is 11.6 Å². The van der Waals surface area contributed by atoms with Crippen LogP contribution < -0.4 is 5.32 Å². The van der Waals surface area contributed by atoms with E-state index in [9.17, 15) is 9.18 Å². The second-order valence-electron chi connectivity index (χ2n) is 5.41. The fraction of sp³-hybridized carbons (Fsp3) is 0.500. The molecule has 0 spiro atoms. The maximum Gasteiger partial charge on any atom is 0.407 e. The van der Waals surface area contributed by atoms with Gasteiger partial charge in [-0.15, -0.1) is 0 Å². The molecule has 0 aliphatic rings. The van der Waals surface area contributed by atoms with Crippen molar-refractivity contribution in [1.82, 2.24) is 10.2 Å². The summed E-state index contributed by atoms with van der Waals surface area (Å²) in [6, 6.07) is 6.24. The molecule has 0 saturated heterocycles. The molecule has 0 bridgehead atoms. The second-order valence-corrected chi connectivity index (χ2v) is 5.41. The third kappa shape index (κ3) is 5.26. The average molecular weight is 268 g/mol. The molecule has 1 aromatic carbocycles. The Kier molecular flexibility index (Phi) is 5.30. The molecule has 1 aromatic rings. The van der Waals surface area contributed by atoms with E-state index in [1.807, 2.05) is 20.8 Å². The topological polar surface area (TPSA) is 52.6 Å². The summed E-state index contributed by atoms with van der Waals surface area (Å²) in [7, 11) is 0. The Balaban J connectivity index is 2.37. The Hall–Kier alpha value is -1.62. The van der Waals surface area contributed by atoms with Gasteiger partial charge in [0.05, 0.1) is 0 Å². The van der Waals surface area contributed by atoms with E-state index in [4.69, 9.17) is 5.11 Å². The summed E-state index contributed by atoms with van der Waals surface area (Å²) < 4.78 is 12.7. The molecule has 0 aliphatic heterocycles. The number of carboxylic acid groups (broad SMARTS) is 1. The van der Waals surface area contributed by atoms with E-state index >= 15 is 0 Å².